The molecule has 0 radical (unpaired) electrons. The lowest BCUT2D eigenvalue weighted by Crippen LogP contribution is -2.54. The van der Waals surface area contributed by atoms with Crippen molar-refractivity contribution in [2.24, 2.45) is 34.5 Å². The van der Waals surface area contributed by atoms with Crippen molar-refractivity contribution < 1.29 is 9.90 Å². The van der Waals surface area contributed by atoms with Gasteiger partial charge in [-0.15, -0.1) is 0 Å². The van der Waals surface area contributed by atoms with Gasteiger partial charge in [0.2, 0.25) is 0 Å². The molecule has 3 fully saturated rings. The van der Waals surface area contributed by atoms with Gasteiger partial charge in [-0.1, -0.05) is 19.9 Å². The Morgan fingerprint density at radius 1 is 1.14 bits per heavy atom. The smallest absolute Gasteiger partial charge is 0.161 e. The molecule has 0 aliphatic heterocycles. The normalized spacial score (nSPS) is 55.8. The molecule has 116 valence electrons. The predicted molar refractivity (Wildman–Crippen MR) is 82.6 cm³/mol. The van der Waals surface area contributed by atoms with Crippen LogP contribution in [0, 0.1) is 34.5 Å². The maximum atomic E-state index is 12.3. The van der Waals surface area contributed by atoms with Crippen LogP contribution in [0.3, 0.4) is 0 Å². The molecule has 2 nitrogen and oxygen atoms in total. The molecule has 1 N–H and O–H groups in total. The van der Waals surface area contributed by atoms with Crippen LogP contribution in [-0.2, 0) is 4.79 Å². The van der Waals surface area contributed by atoms with Crippen LogP contribution >= 0.6 is 0 Å². The highest BCUT2D eigenvalue weighted by atomic mass is 16.3. The van der Waals surface area contributed by atoms with E-state index >= 15 is 0 Å². The molecule has 0 aromatic rings. The van der Waals surface area contributed by atoms with E-state index in [0.717, 1.165) is 25.2 Å². The highest BCUT2D eigenvalue weighted by Crippen LogP contribution is 2.64. The first-order chi connectivity index (χ1) is 9.95. The Bertz CT molecular complexity index is 496. The highest BCUT2D eigenvalue weighted by molar-refractivity contribution is 5.97. The summed E-state index contributed by atoms with van der Waals surface area (Å²) in [5.41, 5.74) is 0.307. The summed E-state index contributed by atoms with van der Waals surface area (Å²) in [5.74, 6) is 3.01. The summed E-state index contributed by atoms with van der Waals surface area (Å²) < 4.78 is 0. The second-order valence-corrected chi connectivity index (χ2v) is 8.68. The number of aliphatic hydroxyl groups is 1. The second kappa shape index (κ2) is 4.44. The molecule has 3 saturated carbocycles. The van der Waals surface area contributed by atoms with Crippen molar-refractivity contribution in [3.63, 3.8) is 0 Å². The summed E-state index contributed by atoms with van der Waals surface area (Å²) >= 11 is 0. The number of hydrogen-bond donors (Lipinski definition) is 1. The molecule has 4 aliphatic carbocycles. The Morgan fingerprint density at radius 2 is 1.95 bits per heavy atom. The number of fused-ring (bicyclic) bond motifs is 5. The molecule has 0 aromatic carbocycles. The molecule has 2 heteroatoms. The average molecular weight is 288 g/mol. The van der Waals surface area contributed by atoms with Crippen molar-refractivity contribution in [1.82, 2.24) is 0 Å². The number of carbonyl (C=O) groups excluding carboxylic acids is 1. The third kappa shape index (κ3) is 1.78. The van der Waals surface area contributed by atoms with Gasteiger partial charge in [0.1, 0.15) is 0 Å². The van der Waals surface area contributed by atoms with Crippen LogP contribution in [0.4, 0.5) is 0 Å². The Labute approximate surface area is 128 Å². The maximum absolute atomic E-state index is 12.3. The topological polar surface area (TPSA) is 37.3 Å². The Hall–Kier alpha value is -0.630. The molecule has 0 spiro atoms. The lowest BCUT2D eigenvalue weighted by Gasteiger charge is -2.59. The van der Waals surface area contributed by atoms with Gasteiger partial charge < -0.3 is 5.11 Å². The summed E-state index contributed by atoms with van der Waals surface area (Å²) in [6.45, 7) is 4.69. The first kappa shape index (κ1) is 14.0. The monoisotopic (exact) mass is 288 g/mol. The van der Waals surface area contributed by atoms with Gasteiger partial charge in [0.25, 0.3) is 0 Å². The van der Waals surface area contributed by atoms with E-state index in [2.05, 4.69) is 19.9 Å². The van der Waals surface area contributed by atoms with E-state index in [1.165, 1.54) is 25.7 Å². The number of aliphatic hydroxyl groups excluding tert-OH is 1. The summed E-state index contributed by atoms with van der Waals surface area (Å²) in [7, 11) is 0. The molecule has 0 amide bonds. The SMILES string of the molecule is C[C@]12CC[C@@H](O)C[C@@H]1CC[C@@H]1[C@@H]2CC[C@]2(C)C(=O)C=C[C@@H]12. The fraction of sp³-hybridized carbons (Fsp3) is 0.842. The van der Waals surface area contributed by atoms with Crippen molar-refractivity contribution >= 4 is 5.78 Å². The summed E-state index contributed by atoms with van der Waals surface area (Å²) in [4.78, 5) is 12.3. The minimum Gasteiger partial charge on any atom is -0.393 e. The van der Waals surface area contributed by atoms with E-state index in [-0.39, 0.29) is 11.5 Å². The quantitative estimate of drug-likeness (QED) is 0.737. The fourth-order valence-corrected chi connectivity index (χ4v) is 6.51. The summed E-state index contributed by atoms with van der Waals surface area (Å²) in [6.07, 6.45) is 12.0. The van der Waals surface area contributed by atoms with Gasteiger partial charge in [-0.25, -0.2) is 0 Å². The predicted octanol–water partition coefficient (Wildman–Crippen LogP) is 3.74. The molecule has 0 aromatic heterocycles. The van der Waals surface area contributed by atoms with Gasteiger partial charge >= 0.3 is 0 Å². The molecule has 0 heterocycles. The summed E-state index contributed by atoms with van der Waals surface area (Å²) in [6, 6.07) is 0. The lowest BCUT2D eigenvalue weighted by atomic mass is 9.45. The van der Waals surface area contributed by atoms with Gasteiger partial charge in [0.05, 0.1) is 6.10 Å². The van der Waals surface area contributed by atoms with Crippen LogP contribution in [0.2, 0.25) is 0 Å². The van der Waals surface area contributed by atoms with Crippen molar-refractivity contribution in [3.8, 4) is 0 Å². The third-order valence-corrected chi connectivity index (χ3v) is 7.91. The first-order valence-corrected chi connectivity index (χ1v) is 8.86. The number of allylic oxidation sites excluding steroid dienone is 2. The van der Waals surface area contributed by atoms with Crippen LogP contribution in [0.15, 0.2) is 12.2 Å². The molecule has 0 saturated heterocycles. The van der Waals surface area contributed by atoms with Crippen LogP contribution in [0.5, 0.6) is 0 Å². The Morgan fingerprint density at radius 3 is 2.76 bits per heavy atom. The molecular formula is C19H28O2. The van der Waals surface area contributed by atoms with E-state index in [1.54, 1.807) is 0 Å². The Kier molecular flexibility index (Phi) is 2.96. The molecule has 4 rings (SSSR count). The summed E-state index contributed by atoms with van der Waals surface area (Å²) in [5, 5.41) is 10.0. The second-order valence-electron chi connectivity index (χ2n) is 8.68. The van der Waals surface area contributed by atoms with Crippen LogP contribution in [-0.4, -0.2) is 17.0 Å². The number of rotatable bonds is 0. The van der Waals surface area contributed by atoms with E-state index < -0.39 is 0 Å². The van der Waals surface area contributed by atoms with Crippen molar-refractivity contribution in [2.75, 3.05) is 0 Å². The van der Waals surface area contributed by atoms with Crippen molar-refractivity contribution in [2.45, 2.75) is 64.9 Å². The third-order valence-electron chi connectivity index (χ3n) is 7.91. The number of hydrogen-bond acceptors (Lipinski definition) is 2. The fourth-order valence-electron chi connectivity index (χ4n) is 6.51. The molecule has 7 atom stereocenters. The number of ketones is 1. The molecule has 0 bridgehead atoms. The van der Waals surface area contributed by atoms with Crippen molar-refractivity contribution in [1.29, 1.82) is 0 Å². The maximum Gasteiger partial charge on any atom is 0.161 e. The molecule has 0 unspecified atom stereocenters. The molecule has 4 aliphatic rings. The van der Waals surface area contributed by atoms with Crippen molar-refractivity contribution in [3.05, 3.63) is 12.2 Å². The largest absolute Gasteiger partial charge is 0.393 e. The first-order valence-electron chi connectivity index (χ1n) is 8.86. The molecule has 21 heavy (non-hydrogen) atoms. The van der Waals surface area contributed by atoms with Gasteiger partial charge in [-0.3, -0.25) is 4.79 Å². The highest BCUT2D eigenvalue weighted by Gasteiger charge is 2.58. The van der Waals surface area contributed by atoms with Gasteiger partial charge in [-0.2, -0.15) is 0 Å². The minimum atomic E-state index is -0.0987. The molecular weight excluding hydrogens is 260 g/mol. The van der Waals surface area contributed by atoms with E-state index in [0.29, 0.717) is 29.0 Å². The minimum absolute atomic E-state index is 0.0681. The lowest BCUT2D eigenvalue weighted by molar-refractivity contribution is -0.139. The van der Waals surface area contributed by atoms with E-state index in [9.17, 15) is 9.90 Å². The van der Waals surface area contributed by atoms with Crippen LogP contribution in [0.25, 0.3) is 0 Å². The van der Waals surface area contributed by atoms with Crippen LogP contribution in [0.1, 0.15) is 58.8 Å². The zero-order valence-corrected chi connectivity index (χ0v) is 13.3. The van der Waals surface area contributed by atoms with Crippen LogP contribution < -0.4 is 0 Å². The number of carbonyl (C=O) groups is 1. The van der Waals surface area contributed by atoms with Gasteiger partial charge in [-0.05, 0) is 80.1 Å². The van der Waals surface area contributed by atoms with E-state index in [1.807, 2.05) is 6.08 Å². The zero-order chi connectivity index (χ0) is 14.8. The van der Waals surface area contributed by atoms with Gasteiger partial charge in [0.15, 0.2) is 5.78 Å². The standard InChI is InChI=1S/C19H28O2/c1-18-9-7-13(20)11-12(18)3-4-14-15-5-6-17(21)19(15,2)10-8-16(14)18/h5-6,12-16,20H,3-4,7-11H2,1-2H3/t12-,13+,14-,15-,16-,18-,19-/m0/s1. The average Bonchev–Trinajstić information content (AvgIpc) is 2.76. The zero-order valence-electron chi connectivity index (χ0n) is 13.3. The van der Waals surface area contributed by atoms with E-state index in [4.69, 9.17) is 0 Å². The van der Waals surface area contributed by atoms with Gasteiger partial charge in [0, 0.05) is 5.41 Å². The Balaban J connectivity index is 1.65.